The summed E-state index contributed by atoms with van der Waals surface area (Å²) in [6, 6.07) is 17.6. The average molecular weight is 236 g/mol. The van der Waals surface area contributed by atoms with E-state index >= 15 is 0 Å². The third kappa shape index (κ3) is 1.61. The van der Waals surface area contributed by atoms with Gasteiger partial charge >= 0.3 is 0 Å². The predicted octanol–water partition coefficient (Wildman–Crippen LogP) is 3.23. The van der Waals surface area contributed by atoms with Crippen molar-refractivity contribution in [3.05, 3.63) is 60.3 Å². The molecule has 0 spiro atoms. The van der Waals surface area contributed by atoms with Gasteiger partial charge in [0.05, 0.1) is 11.2 Å². The largest absolute Gasteiger partial charge is 0.293 e. The van der Waals surface area contributed by atoms with Gasteiger partial charge in [0.25, 0.3) is 0 Å². The molecule has 1 aromatic heterocycles. The molecule has 2 aromatic carbocycles. The second-order valence-electron chi connectivity index (χ2n) is 4.17. The van der Waals surface area contributed by atoms with Gasteiger partial charge in [-0.25, -0.2) is 4.68 Å². The summed E-state index contributed by atoms with van der Waals surface area (Å²) in [6.07, 6.45) is 0. The van der Waals surface area contributed by atoms with Crippen molar-refractivity contribution in [2.75, 3.05) is 0 Å². The van der Waals surface area contributed by atoms with Crippen molar-refractivity contribution in [1.82, 2.24) is 9.78 Å². The van der Waals surface area contributed by atoms with E-state index in [2.05, 4.69) is 5.10 Å². The van der Waals surface area contributed by atoms with Crippen LogP contribution >= 0.6 is 0 Å². The first kappa shape index (κ1) is 10.7. The van der Waals surface area contributed by atoms with Crippen LogP contribution in [-0.4, -0.2) is 15.6 Å². The van der Waals surface area contributed by atoms with Crippen LogP contribution in [0.2, 0.25) is 0 Å². The molecule has 18 heavy (non-hydrogen) atoms. The highest BCUT2D eigenvalue weighted by molar-refractivity contribution is 6.05. The molecule has 0 atom stereocenters. The molecular weight excluding hydrogens is 224 g/mol. The lowest BCUT2D eigenvalue weighted by Gasteiger charge is -2.01. The molecule has 3 rings (SSSR count). The molecule has 0 saturated carbocycles. The van der Waals surface area contributed by atoms with Crippen molar-refractivity contribution in [1.29, 1.82) is 0 Å². The minimum absolute atomic E-state index is 0.0131. The number of carbonyl (C=O) groups excluding carboxylic acids is 1. The third-order valence-corrected chi connectivity index (χ3v) is 2.92. The number of fused-ring (bicyclic) bond motifs is 1. The molecule has 3 aromatic rings. The Hall–Kier alpha value is -2.42. The van der Waals surface area contributed by atoms with Gasteiger partial charge in [-0.15, -0.1) is 0 Å². The number of hydrogen-bond donors (Lipinski definition) is 0. The van der Waals surface area contributed by atoms with Crippen molar-refractivity contribution < 1.29 is 4.79 Å². The Morgan fingerprint density at radius 2 is 1.67 bits per heavy atom. The molecule has 3 nitrogen and oxygen atoms in total. The van der Waals surface area contributed by atoms with Gasteiger partial charge in [-0.1, -0.05) is 36.4 Å². The summed E-state index contributed by atoms with van der Waals surface area (Å²) < 4.78 is 1.81. The molecule has 0 radical (unpaired) electrons. The molecule has 1 heterocycles. The minimum Gasteiger partial charge on any atom is -0.293 e. The lowest BCUT2D eigenvalue weighted by atomic mass is 10.1. The molecule has 0 bridgehead atoms. The van der Waals surface area contributed by atoms with Gasteiger partial charge in [-0.3, -0.25) is 4.79 Å². The number of aromatic nitrogens is 2. The summed E-state index contributed by atoms with van der Waals surface area (Å²) in [4.78, 5) is 11.6. The molecule has 88 valence electrons. The topological polar surface area (TPSA) is 34.9 Å². The highest BCUT2D eigenvalue weighted by Gasteiger charge is 2.13. The second-order valence-corrected chi connectivity index (χ2v) is 4.17. The predicted molar refractivity (Wildman–Crippen MR) is 71.1 cm³/mol. The maximum atomic E-state index is 11.6. The van der Waals surface area contributed by atoms with Gasteiger partial charge in [-0.05, 0) is 18.2 Å². The molecule has 3 heteroatoms. The fourth-order valence-corrected chi connectivity index (χ4v) is 2.09. The van der Waals surface area contributed by atoms with Crippen LogP contribution in [0.15, 0.2) is 54.6 Å². The Morgan fingerprint density at radius 3 is 2.39 bits per heavy atom. The summed E-state index contributed by atoms with van der Waals surface area (Å²) in [7, 11) is 0. The van der Waals surface area contributed by atoms with Crippen molar-refractivity contribution in [2.24, 2.45) is 0 Å². The molecule has 0 fully saturated rings. The number of nitrogens with zero attached hydrogens (tertiary/aromatic N) is 2. The molecular formula is C15H12N2O. The summed E-state index contributed by atoms with van der Waals surface area (Å²) in [6.45, 7) is 1.55. The number of ketones is 1. The zero-order chi connectivity index (χ0) is 12.5. The number of benzene rings is 2. The lowest BCUT2D eigenvalue weighted by molar-refractivity contribution is 0.101. The zero-order valence-electron chi connectivity index (χ0n) is 10.00. The van der Waals surface area contributed by atoms with E-state index in [1.807, 2.05) is 59.3 Å². The van der Waals surface area contributed by atoms with Gasteiger partial charge in [0.15, 0.2) is 5.78 Å². The summed E-state index contributed by atoms with van der Waals surface area (Å²) in [5.41, 5.74) is 2.43. The fourth-order valence-electron chi connectivity index (χ4n) is 2.09. The first-order valence-corrected chi connectivity index (χ1v) is 5.81. The SMILES string of the molecule is CC(=O)c1nn(-c2ccccc2)c2ccccc12. The normalized spacial score (nSPS) is 10.7. The van der Waals surface area contributed by atoms with Crippen LogP contribution < -0.4 is 0 Å². The van der Waals surface area contributed by atoms with Gasteiger partial charge < -0.3 is 0 Å². The first-order chi connectivity index (χ1) is 8.77. The summed E-state index contributed by atoms with van der Waals surface area (Å²) >= 11 is 0. The van der Waals surface area contributed by atoms with Crippen LogP contribution in [-0.2, 0) is 0 Å². The Bertz CT molecular complexity index is 714. The van der Waals surface area contributed by atoms with Crippen LogP contribution in [0.1, 0.15) is 17.4 Å². The second kappa shape index (κ2) is 4.11. The zero-order valence-corrected chi connectivity index (χ0v) is 10.00. The fraction of sp³-hybridized carbons (Fsp3) is 0.0667. The Labute approximate surface area is 105 Å². The van der Waals surface area contributed by atoms with E-state index < -0.39 is 0 Å². The lowest BCUT2D eigenvalue weighted by Crippen LogP contribution is -1.99. The van der Waals surface area contributed by atoms with Crippen LogP contribution in [0.3, 0.4) is 0 Å². The van der Waals surface area contributed by atoms with Crippen LogP contribution in [0.5, 0.6) is 0 Å². The van der Waals surface area contributed by atoms with Crippen molar-refractivity contribution in [3.8, 4) is 5.69 Å². The van der Waals surface area contributed by atoms with E-state index in [1.165, 1.54) is 0 Å². The first-order valence-electron chi connectivity index (χ1n) is 5.81. The van der Waals surface area contributed by atoms with E-state index in [0.29, 0.717) is 5.69 Å². The highest BCUT2D eigenvalue weighted by Crippen LogP contribution is 2.22. The standard InChI is InChI=1S/C15H12N2O/c1-11(18)15-13-9-5-6-10-14(13)17(16-15)12-7-3-2-4-8-12/h2-10H,1H3. The Morgan fingerprint density at radius 1 is 1.00 bits per heavy atom. The number of carbonyl (C=O) groups is 1. The van der Waals surface area contributed by atoms with Crippen molar-refractivity contribution in [2.45, 2.75) is 6.92 Å². The van der Waals surface area contributed by atoms with E-state index in [0.717, 1.165) is 16.6 Å². The van der Waals surface area contributed by atoms with Gasteiger partial charge in [0.1, 0.15) is 5.69 Å². The van der Waals surface area contributed by atoms with Crippen molar-refractivity contribution in [3.63, 3.8) is 0 Å². The number of Topliss-reactive ketones (excluding diaryl/α,β-unsaturated/α-hetero) is 1. The molecule has 0 aliphatic carbocycles. The quantitative estimate of drug-likeness (QED) is 0.640. The molecule has 0 N–H and O–H groups in total. The smallest absolute Gasteiger partial charge is 0.180 e. The minimum atomic E-state index is -0.0131. The van der Waals surface area contributed by atoms with Gasteiger partial charge in [0.2, 0.25) is 0 Å². The van der Waals surface area contributed by atoms with E-state index in [9.17, 15) is 4.79 Å². The molecule has 0 saturated heterocycles. The maximum absolute atomic E-state index is 11.6. The van der Waals surface area contributed by atoms with Crippen LogP contribution in [0, 0.1) is 0 Å². The Balaban J connectivity index is 2.34. The Kier molecular flexibility index (Phi) is 2.45. The monoisotopic (exact) mass is 236 g/mol. The van der Waals surface area contributed by atoms with Crippen molar-refractivity contribution >= 4 is 16.7 Å². The third-order valence-electron chi connectivity index (χ3n) is 2.92. The average Bonchev–Trinajstić information content (AvgIpc) is 2.79. The molecule has 0 aliphatic rings. The van der Waals surface area contributed by atoms with Gasteiger partial charge in [0, 0.05) is 12.3 Å². The van der Waals surface area contributed by atoms with E-state index in [4.69, 9.17) is 0 Å². The summed E-state index contributed by atoms with van der Waals surface area (Å²) in [5, 5.41) is 5.32. The number of rotatable bonds is 2. The van der Waals surface area contributed by atoms with E-state index in [1.54, 1.807) is 6.92 Å². The van der Waals surface area contributed by atoms with Crippen LogP contribution in [0.25, 0.3) is 16.6 Å². The molecule has 0 unspecified atom stereocenters. The van der Waals surface area contributed by atoms with Gasteiger partial charge in [-0.2, -0.15) is 5.10 Å². The number of para-hydroxylation sites is 2. The van der Waals surface area contributed by atoms with E-state index in [-0.39, 0.29) is 5.78 Å². The number of hydrogen-bond acceptors (Lipinski definition) is 2. The summed E-state index contributed by atoms with van der Waals surface area (Å²) in [5.74, 6) is -0.0131. The highest BCUT2D eigenvalue weighted by atomic mass is 16.1. The molecule has 0 amide bonds. The maximum Gasteiger partial charge on any atom is 0.180 e. The van der Waals surface area contributed by atoms with Crippen LogP contribution in [0.4, 0.5) is 0 Å². The molecule has 0 aliphatic heterocycles.